The minimum Gasteiger partial charge on any atom is -0.295 e. The summed E-state index contributed by atoms with van der Waals surface area (Å²) >= 11 is 0. The highest BCUT2D eigenvalue weighted by atomic mass is 19.1. The molecular weight excluding hydrogens is 371 g/mol. The molecule has 0 atom stereocenters. The van der Waals surface area contributed by atoms with Crippen molar-refractivity contribution in [1.29, 1.82) is 0 Å². The Morgan fingerprint density at radius 3 is 2.34 bits per heavy atom. The van der Waals surface area contributed by atoms with Crippen molar-refractivity contribution in [1.82, 2.24) is 15.2 Å². The molecule has 4 bridgehead atoms. The van der Waals surface area contributed by atoms with Crippen molar-refractivity contribution < 1.29 is 9.18 Å². The van der Waals surface area contributed by atoms with Crippen LogP contribution in [0.5, 0.6) is 0 Å². The van der Waals surface area contributed by atoms with Crippen LogP contribution in [-0.4, -0.2) is 21.9 Å². The fourth-order valence-electron chi connectivity index (χ4n) is 6.15. The topological polar surface area (TPSA) is 79.2 Å². The van der Waals surface area contributed by atoms with E-state index in [1.807, 2.05) is 0 Å². The smallest absolute Gasteiger partial charge is 0.280 e. The largest absolute Gasteiger partial charge is 0.295 e. The minimum atomic E-state index is -0.362. The number of hydrogen-bond donors (Lipinski definition) is 2. The van der Waals surface area contributed by atoms with Crippen molar-refractivity contribution in [2.45, 2.75) is 45.4 Å². The predicted octanol–water partition coefficient (Wildman–Crippen LogP) is 3.28. The van der Waals surface area contributed by atoms with Crippen LogP contribution in [0.25, 0.3) is 5.69 Å². The SMILES string of the molecule is Cc1[nH]n(-c2ccc(F)cc2)c(=O)c1/C=N\NC(=O)C12CC3CC(CC(C3)C1)C2. The number of amides is 1. The number of carbonyl (C=O) groups is 1. The van der Waals surface area contributed by atoms with Gasteiger partial charge in [0, 0.05) is 5.69 Å². The molecule has 4 aliphatic carbocycles. The van der Waals surface area contributed by atoms with E-state index >= 15 is 0 Å². The number of hydrazone groups is 1. The first kappa shape index (κ1) is 18.3. The maximum Gasteiger partial charge on any atom is 0.280 e. The second-order valence-corrected chi connectivity index (χ2v) is 9.16. The zero-order chi connectivity index (χ0) is 20.2. The first-order valence-electron chi connectivity index (χ1n) is 10.3. The number of carbonyl (C=O) groups excluding carboxylic acids is 1. The second-order valence-electron chi connectivity index (χ2n) is 9.16. The Morgan fingerprint density at radius 2 is 1.76 bits per heavy atom. The summed E-state index contributed by atoms with van der Waals surface area (Å²) in [6.07, 6.45) is 8.17. The van der Waals surface area contributed by atoms with Gasteiger partial charge in [0.1, 0.15) is 5.82 Å². The third-order valence-corrected chi connectivity index (χ3v) is 7.08. The third kappa shape index (κ3) is 3.12. The van der Waals surface area contributed by atoms with E-state index < -0.39 is 0 Å². The molecule has 4 fully saturated rings. The van der Waals surface area contributed by atoms with Crippen molar-refractivity contribution in [3.05, 3.63) is 51.7 Å². The average molecular weight is 396 g/mol. The molecule has 0 saturated heterocycles. The number of halogens is 1. The van der Waals surface area contributed by atoms with Gasteiger partial charge in [-0.25, -0.2) is 14.5 Å². The number of aromatic nitrogens is 2. The van der Waals surface area contributed by atoms with Crippen molar-refractivity contribution in [3.63, 3.8) is 0 Å². The van der Waals surface area contributed by atoms with Crippen LogP contribution in [0.4, 0.5) is 4.39 Å². The second kappa shape index (κ2) is 6.68. The summed E-state index contributed by atoms with van der Waals surface area (Å²) < 4.78 is 14.5. The molecule has 1 heterocycles. The van der Waals surface area contributed by atoms with Gasteiger partial charge in [0.05, 0.1) is 22.9 Å². The lowest BCUT2D eigenvalue weighted by molar-refractivity contribution is -0.146. The molecule has 4 saturated carbocycles. The highest BCUT2D eigenvalue weighted by Crippen LogP contribution is 2.60. The predicted molar refractivity (Wildman–Crippen MR) is 107 cm³/mol. The zero-order valence-electron chi connectivity index (χ0n) is 16.5. The lowest BCUT2D eigenvalue weighted by Crippen LogP contribution is -2.52. The van der Waals surface area contributed by atoms with Crippen LogP contribution in [0.2, 0.25) is 0 Å². The molecule has 4 aliphatic rings. The van der Waals surface area contributed by atoms with E-state index in [1.54, 1.807) is 6.92 Å². The van der Waals surface area contributed by atoms with Crippen LogP contribution in [0, 0.1) is 35.9 Å². The van der Waals surface area contributed by atoms with Gasteiger partial charge in [-0.3, -0.25) is 14.7 Å². The van der Waals surface area contributed by atoms with Gasteiger partial charge in [-0.2, -0.15) is 5.10 Å². The summed E-state index contributed by atoms with van der Waals surface area (Å²) in [6, 6.07) is 5.67. The Labute approximate surface area is 168 Å². The van der Waals surface area contributed by atoms with Crippen LogP contribution >= 0.6 is 0 Å². The fourth-order valence-corrected chi connectivity index (χ4v) is 6.15. The van der Waals surface area contributed by atoms with E-state index in [9.17, 15) is 14.0 Å². The summed E-state index contributed by atoms with van der Waals surface area (Å²) in [7, 11) is 0. The molecule has 6 nitrogen and oxygen atoms in total. The molecule has 152 valence electrons. The number of aromatic amines is 1. The number of nitrogens with one attached hydrogen (secondary N) is 2. The van der Waals surface area contributed by atoms with Gasteiger partial charge in [-0.15, -0.1) is 0 Å². The highest BCUT2D eigenvalue weighted by molar-refractivity contribution is 5.86. The number of hydrogen-bond acceptors (Lipinski definition) is 3. The van der Waals surface area contributed by atoms with Crippen LogP contribution in [0.3, 0.4) is 0 Å². The molecule has 1 amide bonds. The standard InChI is InChI=1S/C22H25FN4O2/c1-13-19(20(28)27(26-13)18-4-2-17(23)3-5-18)12-24-25-21(29)22-9-14-6-15(10-22)8-16(7-14)11-22/h2-5,12,14-16,26H,6-11H2,1H3,(H,25,29)/b24-12-. The maximum atomic E-state index is 13.1. The van der Waals surface area contributed by atoms with Gasteiger partial charge in [0.15, 0.2) is 0 Å². The lowest BCUT2D eigenvalue weighted by Gasteiger charge is -2.55. The highest BCUT2D eigenvalue weighted by Gasteiger charge is 2.54. The number of H-pyrrole nitrogens is 1. The molecule has 29 heavy (non-hydrogen) atoms. The number of nitrogens with zero attached hydrogens (tertiary/aromatic N) is 2. The molecule has 0 radical (unpaired) electrons. The van der Waals surface area contributed by atoms with E-state index in [2.05, 4.69) is 15.6 Å². The molecule has 6 rings (SSSR count). The Kier molecular flexibility index (Phi) is 4.22. The fraction of sp³-hybridized carbons (Fsp3) is 0.500. The average Bonchev–Trinajstić information content (AvgIpc) is 2.95. The molecule has 0 aliphatic heterocycles. The Hall–Kier alpha value is -2.70. The molecule has 1 aromatic heterocycles. The third-order valence-electron chi connectivity index (χ3n) is 7.08. The lowest BCUT2D eigenvalue weighted by atomic mass is 9.49. The van der Waals surface area contributed by atoms with Crippen molar-refractivity contribution in [2.75, 3.05) is 0 Å². The van der Waals surface area contributed by atoms with E-state index in [0.29, 0.717) is 34.7 Å². The molecule has 1 aromatic carbocycles. The zero-order valence-corrected chi connectivity index (χ0v) is 16.5. The Morgan fingerprint density at radius 1 is 1.17 bits per heavy atom. The molecule has 0 unspecified atom stereocenters. The molecule has 2 aromatic rings. The quantitative estimate of drug-likeness (QED) is 0.614. The number of rotatable bonds is 4. The van der Waals surface area contributed by atoms with Gasteiger partial charge < -0.3 is 0 Å². The Balaban J connectivity index is 1.33. The van der Waals surface area contributed by atoms with Gasteiger partial charge in [0.25, 0.3) is 5.56 Å². The molecule has 2 N–H and O–H groups in total. The maximum absolute atomic E-state index is 13.1. The van der Waals surface area contributed by atoms with E-state index in [-0.39, 0.29) is 22.7 Å². The summed E-state index contributed by atoms with van der Waals surface area (Å²) in [5, 5.41) is 7.10. The van der Waals surface area contributed by atoms with Gasteiger partial charge in [-0.1, -0.05) is 0 Å². The van der Waals surface area contributed by atoms with Crippen molar-refractivity contribution in [3.8, 4) is 5.69 Å². The van der Waals surface area contributed by atoms with E-state index in [1.165, 1.54) is 54.4 Å². The van der Waals surface area contributed by atoms with Gasteiger partial charge >= 0.3 is 0 Å². The van der Waals surface area contributed by atoms with Gasteiger partial charge in [-0.05, 0) is 87.5 Å². The first-order valence-corrected chi connectivity index (χ1v) is 10.3. The van der Waals surface area contributed by atoms with Crippen LogP contribution in [0.1, 0.15) is 49.8 Å². The van der Waals surface area contributed by atoms with Crippen LogP contribution in [0.15, 0.2) is 34.2 Å². The molecule has 0 spiro atoms. The minimum absolute atomic E-state index is 0.0000936. The summed E-state index contributed by atoms with van der Waals surface area (Å²) in [4.78, 5) is 25.7. The number of benzene rings is 1. The summed E-state index contributed by atoms with van der Waals surface area (Å²) in [6.45, 7) is 1.77. The Bertz CT molecular complexity index is 999. The van der Waals surface area contributed by atoms with Crippen molar-refractivity contribution in [2.24, 2.45) is 28.3 Å². The monoisotopic (exact) mass is 396 g/mol. The molecule has 7 heteroatoms. The first-order chi connectivity index (χ1) is 13.9. The van der Waals surface area contributed by atoms with Crippen LogP contribution < -0.4 is 11.0 Å². The van der Waals surface area contributed by atoms with E-state index in [4.69, 9.17) is 0 Å². The summed E-state index contributed by atoms with van der Waals surface area (Å²) in [5.74, 6) is 1.70. The van der Waals surface area contributed by atoms with Crippen LogP contribution in [-0.2, 0) is 4.79 Å². The normalized spacial score (nSPS) is 30.2. The molecular formula is C22H25FN4O2. The van der Waals surface area contributed by atoms with Gasteiger partial charge in [0.2, 0.25) is 5.91 Å². The summed E-state index contributed by atoms with van der Waals surface area (Å²) in [5.41, 5.74) is 3.70. The number of aryl methyl sites for hydroxylation is 1. The van der Waals surface area contributed by atoms with Crippen molar-refractivity contribution >= 4 is 12.1 Å². The van der Waals surface area contributed by atoms with E-state index in [0.717, 1.165) is 19.3 Å².